The molecule has 160 valence electrons. The topological polar surface area (TPSA) is 34.1 Å². The van der Waals surface area contributed by atoms with Gasteiger partial charge in [-0.1, -0.05) is 76.9 Å². The summed E-state index contributed by atoms with van der Waals surface area (Å²) in [6.07, 6.45) is 2.77. The van der Waals surface area contributed by atoms with Crippen molar-refractivity contribution in [1.82, 2.24) is 4.90 Å². The smallest absolute Gasteiger partial charge is 0.141 e. The monoisotopic (exact) mass is 454 g/mol. The van der Waals surface area contributed by atoms with E-state index in [1.54, 1.807) is 18.3 Å². The molecule has 1 aliphatic rings. The Labute approximate surface area is 193 Å². The average Bonchev–Trinajstić information content (AvgIpc) is 3.22. The molecule has 1 atom stereocenters. The predicted molar refractivity (Wildman–Crippen MR) is 126 cm³/mol. The SMILES string of the molecule is Clc1ccc(COc2ccccc2/C=N/OC2CCN(Cc3ccccc3)C2)c(Cl)c1. The summed E-state index contributed by atoms with van der Waals surface area (Å²) in [5, 5.41) is 5.43. The lowest BCUT2D eigenvalue weighted by molar-refractivity contribution is 0.0656. The van der Waals surface area contributed by atoms with E-state index in [0.29, 0.717) is 16.7 Å². The van der Waals surface area contributed by atoms with Crippen LogP contribution < -0.4 is 4.74 Å². The highest BCUT2D eigenvalue weighted by Crippen LogP contribution is 2.24. The first kappa shape index (κ1) is 21.7. The molecule has 1 fully saturated rings. The fraction of sp³-hybridized carbons (Fsp3) is 0.240. The number of nitrogens with zero attached hydrogens (tertiary/aromatic N) is 2. The second kappa shape index (κ2) is 10.7. The molecule has 0 N–H and O–H groups in total. The minimum absolute atomic E-state index is 0.0981. The van der Waals surface area contributed by atoms with Crippen LogP contribution in [0.4, 0.5) is 0 Å². The van der Waals surface area contributed by atoms with Crippen LogP contribution in [0, 0.1) is 0 Å². The van der Waals surface area contributed by atoms with E-state index < -0.39 is 0 Å². The Hall–Kier alpha value is -2.53. The van der Waals surface area contributed by atoms with Crippen molar-refractivity contribution in [2.24, 2.45) is 5.16 Å². The largest absolute Gasteiger partial charge is 0.488 e. The van der Waals surface area contributed by atoms with Gasteiger partial charge in [-0.3, -0.25) is 4.90 Å². The van der Waals surface area contributed by atoms with Crippen LogP contribution in [0.5, 0.6) is 5.75 Å². The van der Waals surface area contributed by atoms with E-state index in [-0.39, 0.29) is 6.10 Å². The van der Waals surface area contributed by atoms with Crippen LogP contribution in [0.1, 0.15) is 23.1 Å². The second-order valence-corrected chi connectivity index (χ2v) is 8.38. The predicted octanol–water partition coefficient (Wildman–Crippen LogP) is 6.20. The van der Waals surface area contributed by atoms with Crippen LogP contribution in [0.15, 0.2) is 78.0 Å². The van der Waals surface area contributed by atoms with Crippen LogP contribution in [0.3, 0.4) is 0 Å². The number of likely N-dealkylation sites (tertiary alicyclic amines) is 1. The maximum absolute atomic E-state index is 6.24. The van der Waals surface area contributed by atoms with Gasteiger partial charge < -0.3 is 9.57 Å². The van der Waals surface area contributed by atoms with E-state index in [2.05, 4.69) is 34.3 Å². The molecule has 1 unspecified atom stereocenters. The molecular formula is C25H24Cl2N2O2. The van der Waals surface area contributed by atoms with Crippen LogP contribution in [0.2, 0.25) is 10.0 Å². The normalized spacial score (nSPS) is 16.6. The molecule has 0 amide bonds. The zero-order valence-corrected chi connectivity index (χ0v) is 18.6. The van der Waals surface area contributed by atoms with Crippen molar-refractivity contribution in [3.63, 3.8) is 0 Å². The van der Waals surface area contributed by atoms with E-state index >= 15 is 0 Å². The number of rotatable bonds is 8. The summed E-state index contributed by atoms with van der Waals surface area (Å²) in [6.45, 7) is 3.17. The van der Waals surface area contributed by atoms with Crippen LogP contribution in [-0.2, 0) is 18.0 Å². The highest BCUT2D eigenvalue weighted by atomic mass is 35.5. The molecule has 1 saturated heterocycles. The van der Waals surface area contributed by atoms with Crippen LogP contribution >= 0.6 is 23.2 Å². The lowest BCUT2D eigenvalue weighted by atomic mass is 10.2. The highest BCUT2D eigenvalue weighted by molar-refractivity contribution is 6.35. The lowest BCUT2D eigenvalue weighted by Gasteiger charge is -2.15. The Kier molecular flexibility index (Phi) is 7.47. The molecule has 0 bridgehead atoms. The van der Waals surface area contributed by atoms with Gasteiger partial charge in [-0.15, -0.1) is 0 Å². The number of oxime groups is 1. The summed E-state index contributed by atoms with van der Waals surface area (Å²) in [5.74, 6) is 0.720. The summed E-state index contributed by atoms with van der Waals surface area (Å²) in [6, 6.07) is 23.6. The fourth-order valence-electron chi connectivity index (χ4n) is 3.55. The molecule has 0 spiro atoms. The third-order valence-corrected chi connectivity index (χ3v) is 5.78. The molecule has 0 aromatic heterocycles. The molecule has 0 radical (unpaired) electrons. The Morgan fingerprint density at radius 2 is 1.81 bits per heavy atom. The minimum atomic E-state index is 0.0981. The van der Waals surface area contributed by atoms with Gasteiger partial charge in [0.15, 0.2) is 0 Å². The van der Waals surface area contributed by atoms with E-state index in [1.807, 2.05) is 36.4 Å². The standard InChI is InChI=1S/C25H24Cl2N2O2/c26-22-11-10-21(24(27)14-22)18-30-25-9-5-4-8-20(25)15-28-31-23-12-13-29(17-23)16-19-6-2-1-3-7-19/h1-11,14-15,23H,12-13,16-18H2/b28-15+. The maximum atomic E-state index is 6.24. The molecule has 0 saturated carbocycles. The highest BCUT2D eigenvalue weighted by Gasteiger charge is 2.23. The maximum Gasteiger partial charge on any atom is 0.141 e. The van der Waals surface area contributed by atoms with Gasteiger partial charge in [-0.05, 0) is 29.8 Å². The van der Waals surface area contributed by atoms with Gasteiger partial charge in [0.05, 0.1) is 6.21 Å². The van der Waals surface area contributed by atoms with Gasteiger partial charge in [0.25, 0.3) is 0 Å². The first-order valence-corrected chi connectivity index (χ1v) is 11.0. The van der Waals surface area contributed by atoms with E-state index in [4.69, 9.17) is 32.8 Å². The van der Waals surface area contributed by atoms with Crippen LogP contribution in [0.25, 0.3) is 0 Å². The van der Waals surface area contributed by atoms with Gasteiger partial charge in [0.1, 0.15) is 18.5 Å². The third kappa shape index (κ3) is 6.23. The van der Waals surface area contributed by atoms with Gasteiger partial charge in [-0.25, -0.2) is 0 Å². The Balaban J connectivity index is 1.30. The number of hydrogen-bond acceptors (Lipinski definition) is 4. The van der Waals surface area contributed by atoms with Crippen molar-refractivity contribution in [2.45, 2.75) is 25.7 Å². The zero-order valence-electron chi connectivity index (χ0n) is 17.1. The van der Waals surface area contributed by atoms with Crippen LogP contribution in [-0.4, -0.2) is 30.3 Å². The number of halogens is 2. The molecule has 0 aliphatic carbocycles. The van der Waals surface area contributed by atoms with Crippen molar-refractivity contribution in [1.29, 1.82) is 0 Å². The fourth-order valence-corrected chi connectivity index (χ4v) is 4.02. The third-order valence-electron chi connectivity index (χ3n) is 5.20. The van der Waals surface area contributed by atoms with Gasteiger partial charge in [-0.2, -0.15) is 0 Å². The number of ether oxygens (including phenoxy) is 1. The summed E-state index contributed by atoms with van der Waals surface area (Å²) in [4.78, 5) is 8.15. The average molecular weight is 455 g/mol. The van der Waals surface area contributed by atoms with E-state index in [9.17, 15) is 0 Å². The summed E-state index contributed by atoms with van der Waals surface area (Å²) < 4.78 is 5.97. The van der Waals surface area contributed by atoms with Crippen molar-refractivity contribution < 1.29 is 9.57 Å². The first-order valence-electron chi connectivity index (χ1n) is 10.3. The summed E-state index contributed by atoms with van der Waals surface area (Å²) in [5.41, 5.74) is 3.05. The first-order chi connectivity index (χ1) is 15.2. The number of para-hydroxylation sites is 1. The molecule has 4 nitrogen and oxygen atoms in total. The Bertz CT molecular complexity index is 1030. The molecule has 31 heavy (non-hydrogen) atoms. The zero-order chi connectivity index (χ0) is 21.5. The van der Waals surface area contributed by atoms with Crippen molar-refractivity contribution in [3.05, 3.63) is 99.5 Å². The van der Waals surface area contributed by atoms with E-state index in [0.717, 1.165) is 42.9 Å². The molecule has 3 aromatic carbocycles. The van der Waals surface area contributed by atoms with E-state index in [1.165, 1.54) is 5.56 Å². The van der Waals surface area contributed by atoms with Crippen molar-refractivity contribution >= 4 is 29.4 Å². The molecular weight excluding hydrogens is 431 g/mol. The quantitative estimate of drug-likeness (QED) is 0.300. The Morgan fingerprint density at radius 1 is 1.00 bits per heavy atom. The second-order valence-electron chi connectivity index (χ2n) is 7.53. The van der Waals surface area contributed by atoms with Crippen molar-refractivity contribution in [3.8, 4) is 5.75 Å². The molecule has 6 heteroatoms. The number of benzene rings is 3. The van der Waals surface area contributed by atoms with Gasteiger partial charge >= 0.3 is 0 Å². The molecule has 4 rings (SSSR count). The molecule has 1 heterocycles. The van der Waals surface area contributed by atoms with Gasteiger partial charge in [0, 0.05) is 47.2 Å². The lowest BCUT2D eigenvalue weighted by Crippen LogP contribution is -2.22. The Morgan fingerprint density at radius 3 is 2.65 bits per heavy atom. The van der Waals surface area contributed by atoms with Gasteiger partial charge in [0.2, 0.25) is 0 Å². The molecule has 1 aliphatic heterocycles. The van der Waals surface area contributed by atoms with Crippen molar-refractivity contribution in [2.75, 3.05) is 13.1 Å². The summed E-state index contributed by atoms with van der Waals surface area (Å²) in [7, 11) is 0. The number of hydrogen-bond donors (Lipinski definition) is 0. The molecule has 3 aromatic rings. The minimum Gasteiger partial charge on any atom is -0.488 e. The summed E-state index contributed by atoms with van der Waals surface area (Å²) >= 11 is 12.2.